The Hall–Kier alpha value is -1.68. The van der Waals surface area contributed by atoms with Crippen LogP contribution in [0.3, 0.4) is 0 Å². The van der Waals surface area contributed by atoms with Crippen LogP contribution in [0.15, 0.2) is 18.5 Å². The molecule has 0 saturated carbocycles. The van der Waals surface area contributed by atoms with Gasteiger partial charge < -0.3 is 4.74 Å². The van der Waals surface area contributed by atoms with Gasteiger partial charge in [0.1, 0.15) is 16.7 Å². The second-order valence-corrected chi connectivity index (χ2v) is 4.97. The summed E-state index contributed by atoms with van der Waals surface area (Å²) in [5.41, 5.74) is 2.51. The first-order chi connectivity index (χ1) is 8.97. The SMILES string of the molecule is Cc1nc(Cl)c(C)c(-c2cncc(OC(C)C)c2)n1. The first-order valence-electron chi connectivity index (χ1n) is 6.10. The van der Waals surface area contributed by atoms with Gasteiger partial charge in [0, 0.05) is 17.3 Å². The lowest BCUT2D eigenvalue weighted by Crippen LogP contribution is -2.06. The van der Waals surface area contributed by atoms with E-state index in [1.807, 2.05) is 33.8 Å². The minimum absolute atomic E-state index is 0.105. The number of halogens is 1. The Morgan fingerprint density at radius 1 is 1.16 bits per heavy atom. The molecule has 0 N–H and O–H groups in total. The summed E-state index contributed by atoms with van der Waals surface area (Å²) >= 11 is 6.09. The molecule has 0 spiro atoms. The fraction of sp³-hybridized carbons (Fsp3) is 0.357. The van der Waals surface area contributed by atoms with Crippen LogP contribution in [0.25, 0.3) is 11.3 Å². The van der Waals surface area contributed by atoms with Crippen molar-refractivity contribution in [1.29, 1.82) is 0 Å². The molecule has 0 amide bonds. The van der Waals surface area contributed by atoms with Crippen molar-refractivity contribution in [2.24, 2.45) is 0 Å². The fourth-order valence-electron chi connectivity index (χ4n) is 1.76. The number of nitrogens with zero attached hydrogens (tertiary/aromatic N) is 3. The maximum atomic E-state index is 6.09. The molecule has 0 aliphatic rings. The molecular weight excluding hydrogens is 262 g/mol. The summed E-state index contributed by atoms with van der Waals surface area (Å²) in [6, 6.07) is 1.91. The highest BCUT2D eigenvalue weighted by Gasteiger charge is 2.11. The van der Waals surface area contributed by atoms with Gasteiger partial charge in [0.25, 0.3) is 0 Å². The first-order valence-corrected chi connectivity index (χ1v) is 6.48. The molecule has 2 heterocycles. The molecule has 2 aromatic rings. The molecule has 0 aromatic carbocycles. The van der Waals surface area contributed by atoms with Crippen LogP contribution >= 0.6 is 11.6 Å². The Morgan fingerprint density at radius 3 is 2.58 bits per heavy atom. The fourth-order valence-corrected chi connectivity index (χ4v) is 1.97. The van der Waals surface area contributed by atoms with Gasteiger partial charge in [-0.3, -0.25) is 4.98 Å². The van der Waals surface area contributed by atoms with Gasteiger partial charge in [-0.15, -0.1) is 0 Å². The molecule has 0 radical (unpaired) electrons. The van der Waals surface area contributed by atoms with E-state index < -0.39 is 0 Å². The number of hydrogen-bond donors (Lipinski definition) is 0. The summed E-state index contributed by atoms with van der Waals surface area (Å²) in [5.74, 6) is 1.36. The molecule has 0 aliphatic heterocycles. The van der Waals surface area contributed by atoms with E-state index >= 15 is 0 Å². The van der Waals surface area contributed by atoms with Crippen molar-refractivity contribution in [3.63, 3.8) is 0 Å². The molecule has 2 aromatic heterocycles. The quantitative estimate of drug-likeness (QED) is 0.805. The monoisotopic (exact) mass is 277 g/mol. The summed E-state index contributed by atoms with van der Waals surface area (Å²) in [7, 11) is 0. The summed E-state index contributed by atoms with van der Waals surface area (Å²) in [5, 5.41) is 0.470. The third kappa shape index (κ3) is 3.20. The topological polar surface area (TPSA) is 47.9 Å². The van der Waals surface area contributed by atoms with Gasteiger partial charge in [0.15, 0.2) is 0 Å². The van der Waals surface area contributed by atoms with E-state index in [9.17, 15) is 0 Å². The average molecular weight is 278 g/mol. The Morgan fingerprint density at radius 2 is 1.89 bits per heavy atom. The lowest BCUT2D eigenvalue weighted by atomic mass is 10.1. The van der Waals surface area contributed by atoms with Gasteiger partial charge in [-0.2, -0.15) is 0 Å². The Balaban J connectivity index is 2.47. The lowest BCUT2D eigenvalue weighted by Gasteiger charge is -2.11. The van der Waals surface area contributed by atoms with Crippen LogP contribution in [0.5, 0.6) is 5.75 Å². The van der Waals surface area contributed by atoms with E-state index in [4.69, 9.17) is 16.3 Å². The number of pyridine rings is 1. The maximum Gasteiger partial charge on any atom is 0.138 e. The van der Waals surface area contributed by atoms with E-state index in [1.54, 1.807) is 12.4 Å². The molecular formula is C14H16ClN3O. The van der Waals surface area contributed by atoms with E-state index in [1.165, 1.54) is 0 Å². The standard InChI is InChI=1S/C14H16ClN3O/c1-8(2)19-12-5-11(6-16-7-12)13-9(3)14(15)18-10(4)17-13/h5-8H,1-4H3. The predicted molar refractivity (Wildman–Crippen MR) is 75.5 cm³/mol. The molecule has 2 rings (SSSR count). The minimum atomic E-state index is 0.105. The molecule has 19 heavy (non-hydrogen) atoms. The zero-order valence-corrected chi connectivity index (χ0v) is 12.2. The number of ether oxygens (including phenoxy) is 1. The average Bonchev–Trinajstić information content (AvgIpc) is 2.33. The Bertz CT molecular complexity index is 599. The van der Waals surface area contributed by atoms with Crippen molar-refractivity contribution in [3.8, 4) is 17.0 Å². The Labute approximate surface area is 117 Å². The van der Waals surface area contributed by atoms with Gasteiger partial charge >= 0.3 is 0 Å². The summed E-state index contributed by atoms with van der Waals surface area (Å²) in [6.07, 6.45) is 3.54. The van der Waals surface area contributed by atoms with E-state index in [0.717, 1.165) is 22.6 Å². The molecule has 0 saturated heterocycles. The summed E-state index contributed by atoms with van der Waals surface area (Å²) in [6.45, 7) is 7.66. The van der Waals surface area contributed by atoms with Crippen molar-refractivity contribution in [1.82, 2.24) is 15.0 Å². The second kappa shape index (κ2) is 5.53. The highest BCUT2D eigenvalue weighted by Crippen LogP contribution is 2.27. The van der Waals surface area contributed by atoms with Crippen molar-refractivity contribution < 1.29 is 4.74 Å². The van der Waals surface area contributed by atoms with Crippen LogP contribution in [0.2, 0.25) is 5.15 Å². The van der Waals surface area contributed by atoms with Crippen molar-refractivity contribution in [2.75, 3.05) is 0 Å². The molecule has 100 valence electrons. The van der Waals surface area contributed by atoms with Crippen LogP contribution in [0.1, 0.15) is 25.2 Å². The maximum absolute atomic E-state index is 6.09. The van der Waals surface area contributed by atoms with Crippen LogP contribution in [0.4, 0.5) is 0 Å². The third-order valence-corrected chi connectivity index (χ3v) is 2.92. The zero-order valence-electron chi connectivity index (χ0n) is 11.4. The lowest BCUT2D eigenvalue weighted by molar-refractivity contribution is 0.241. The highest BCUT2D eigenvalue weighted by molar-refractivity contribution is 6.30. The second-order valence-electron chi connectivity index (χ2n) is 4.61. The molecule has 0 atom stereocenters. The molecule has 4 nitrogen and oxygen atoms in total. The number of aromatic nitrogens is 3. The van der Waals surface area contributed by atoms with Crippen LogP contribution in [-0.4, -0.2) is 21.1 Å². The van der Waals surface area contributed by atoms with Crippen molar-refractivity contribution >= 4 is 11.6 Å². The van der Waals surface area contributed by atoms with Gasteiger partial charge in [-0.1, -0.05) is 11.6 Å². The Kier molecular flexibility index (Phi) is 4.00. The van der Waals surface area contributed by atoms with Gasteiger partial charge in [-0.25, -0.2) is 9.97 Å². The van der Waals surface area contributed by atoms with Gasteiger partial charge in [-0.05, 0) is 33.8 Å². The minimum Gasteiger partial charge on any atom is -0.489 e. The third-order valence-electron chi connectivity index (χ3n) is 2.56. The summed E-state index contributed by atoms with van der Waals surface area (Å²) < 4.78 is 5.64. The predicted octanol–water partition coefficient (Wildman–Crippen LogP) is 3.60. The van der Waals surface area contributed by atoms with Crippen LogP contribution in [-0.2, 0) is 0 Å². The molecule has 0 bridgehead atoms. The van der Waals surface area contributed by atoms with Crippen molar-refractivity contribution in [3.05, 3.63) is 35.0 Å². The molecule has 0 unspecified atom stereocenters. The number of rotatable bonds is 3. The highest BCUT2D eigenvalue weighted by atomic mass is 35.5. The number of hydrogen-bond acceptors (Lipinski definition) is 4. The van der Waals surface area contributed by atoms with Gasteiger partial charge in [0.2, 0.25) is 0 Å². The van der Waals surface area contributed by atoms with Gasteiger partial charge in [0.05, 0.1) is 18.0 Å². The normalized spacial score (nSPS) is 10.8. The van der Waals surface area contributed by atoms with Crippen LogP contribution in [0, 0.1) is 13.8 Å². The largest absolute Gasteiger partial charge is 0.489 e. The van der Waals surface area contributed by atoms with E-state index in [-0.39, 0.29) is 6.10 Å². The first kappa shape index (κ1) is 13.7. The smallest absolute Gasteiger partial charge is 0.138 e. The van der Waals surface area contributed by atoms with E-state index in [0.29, 0.717) is 11.0 Å². The van der Waals surface area contributed by atoms with E-state index in [2.05, 4.69) is 15.0 Å². The molecule has 0 fully saturated rings. The summed E-state index contributed by atoms with van der Waals surface area (Å²) in [4.78, 5) is 12.8. The zero-order chi connectivity index (χ0) is 14.0. The van der Waals surface area contributed by atoms with Crippen LogP contribution < -0.4 is 4.74 Å². The molecule has 5 heteroatoms. The number of aryl methyl sites for hydroxylation is 1. The molecule has 0 aliphatic carbocycles. The van der Waals surface area contributed by atoms with Crippen molar-refractivity contribution in [2.45, 2.75) is 33.8 Å².